The van der Waals surface area contributed by atoms with Crippen molar-refractivity contribution in [2.24, 2.45) is 0 Å². The molecule has 1 unspecified atom stereocenters. The highest BCUT2D eigenvalue weighted by Crippen LogP contribution is 2.23. The second-order valence-corrected chi connectivity index (χ2v) is 5.31. The van der Waals surface area contributed by atoms with E-state index in [9.17, 15) is 4.79 Å². The molecule has 0 bridgehead atoms. The van der Waals surface area contributed by atoms with E-state index in [4.69, 9.17) is 10.2 Å². The molecule has 5 nitrogen and oxygen atoms in total. The monoisotopic (exact) mass is 287 g/mol. The van der Waals surface area contributed by atoms with Gasteiger partial charge < -0.3 is 20.4 Å². The molecule has 0 saturated heterocycles. The first-order valence-corrected chi connectivity index (χ1v) is 6.82. The molecular formula is C16H21N3O2. The molecule has 2 rings (SSSR count). The Labute approximate surface area is 124 Å². The van der Waals surface area contributed by atoms with Crippen molar-refractivity contribution in [3.05, 3.63) is 47.4 Å². The van der Waals surface area contributed by atoms with Crippen molar-refractivity contribution in [1.82, 2.24) is 5.32 Å². The summed E-state index contributed by atoms with van der Waals surface area (Å²) in [6, 6.07) is 8.85. The van der Waals surface area contributed by atoms with Crippen molar-refractivity contribution >= 4 is 17.3 Å². The summed E-state index contributed by atoms with van der Waals surface area (Å²) < 4.78 is 5.53. The number of benzene rings is 1. The maximum atomic E-state index is 12.5. The average Bonchev–Trinajstić information content (AvgIpc) is 2.85. The van der Waals surface area contributed by atoms with E-state index in [1.165, 1.54) is 0 Å². The zero-order chi connectivity index (χ0) is 15.6. The van der Waals surface area contributed by atoms with Gasteiger partial charge in [-0.05, 0) is 44.2 Å². The highest BCUT2D eigenvalue weighted by Gasteiger charge is 2.17. The van der Waals surface area contributed by atoms with Crippen molar-refractivity contribution in [1.29, 1.82) is 0 Å². The fourth-order valence-corrected chi connectivity index (χ4v) is 2.16. The van der Waals surface area contributed by atoms with Gasteiger partial charge in [-0.3, -0.25) is 4.79 Å². The number of amides is 1. The Kier molecular flexibility index (Phi) is 4.21. The molecule has 3 N–H and O–H groups in total. The van der Waals surface area contributed by atoms with Crippen LogP contribution in [0, 0.1) is 6.92 Å². The van der Waals surface area contributed by atoms with Gasteiger partial charge in [0, 0.05) is 25.5 Å². The van der Waals surface area contributed by atoms with Crippen molar-refractivity contribution < 1.29 is 9.21 Å². The van der Waals surface area contributed by atoms with Gasteiger partial charge in [0.05, 0.1) is 11.6 Å². The summed E-state index contributed by atoms with van der Waals surface area (Å²) in [5, 5.41) is 2.93. The molecule has 0 aliphatic rings. The third-order valence-corrected chi connectivity index (χ3v) is 3.28. The number of nitrogens with one attached hydrogen (secondary N) is 1. The highest BCUT2D eigenvalue weighted by molar-refractivity contribution is 6.00. The lowest BCUT2D eigenvalue weighted by Crippen LogP contribution is -2.28. The van der Waals surface area contributed by atoms with Crippen LogP contribution in [0.3, 0.4) is 0 Å². The average molecular weight is 287 g/mol. The maximum absolute atomic E-state index is 12.5. The topological polar surface area (TPSA) is 71.5 Å². The Morgan fingerprint density at radius 3 is 2.57 bits per heavy atom. The molecule has 112 valence electrons. The van der Waals surface area contributed by atoms with Gasteiger partial charge in [-0.1, -0.05) is 0 Å². The van der Waals surface area contributed by atoms with E-state index in [-0.39, 0.29) is 11.9 Å². The molecule has 1 atom stereocenters. The summed E-state index contributed by atoms with van der Waals surface area (Å²) in [7, 11) is 3.78. The number of anilines is 2. The van der Waals surface area contributed by atoms with Crippen molar-refractivity contribution in [3.8, 4) is 0 Å². The third kappa shape index (κ3) is 3.37. The SMILES string of the molecule is Cc1ccc(C(C)NC(=O)c2cc(N)ccc2N(C)C)o1. The lowest BCUT2D eigenvalue weighted by Gasteiger charge is -2.19. The predicted molar refractivity (Wildman–Crippen MR) is 84.5 cm³/mol. The van der Waals surface area contributed by atoms with Crippen LogP contribution in [-0.4, -0.2) is 20.0 Å². The maximum Gasteiger partial charge on any atom is 0.254 e. The number of furan rings is 1. The number of nitrogen functional groups attached to an aromatic ring is 1. The lowest BCUT2D eigenvalue weighted by atomic mass is 10.1. The van der Waals surface area contributed by atoms with E-state index in [0.717, 1.165) is 17.2 Å². The number of nitrogens with zero attached hydrogens (tertiary/aromatic N) is 1. The Hall–Kier alpha value is -2.43. The van der Waals surface area contributed by atoms with Crippen molar-refractivity contribution in [2.45, 2.75) is 19.9 Å². The number of rotatable bonds is 4. The zero-order valence-corrected chi connectivity index (χ0v) is 12.8. The van der Waals surface area contributed by atoms with E-state index < -0.39 is 0 Å². The molecule has 21 heavy (non-hydrogen) atoms. The number of hydrogen-bond donors (Lipinski definition) is 2. The molecule has 5 heteroatoms. The van der Waals surface area contributed by atoms with E-state index in [2.05, 4.69) is 5.32 Å². The molecule has 1 heterocycles. The summed E-state index contributed by atoms with van der Waals surface area (Å²) in [4.78, 5) is 14.4. The minimum Gasteiger partial charge on any atom is -0.464 e. The summed E-state index contributed by atoms with van der Waals surface area (Å²) in [6.45, 7) is 3.76. The van der Waals surface area contributed by atoms with Crippen LogP contribution in [0.15, 0.2) is 34.7 Å². The fraction of sp³-hybridized carbons (Fsp3) is 0.312. The van der Waals surface area contributed by atoms with Gasteiger partial charge in [0.25, 0.3) is 5.91 Å². The summed E-state index contributed by atoms with van der Waals surface area (Å²) in [5.41, 5.74) is 7.73. The molecule has 1 amide bonds. The van der Waals surface area contributed by atoms with Crippen molar-refractivity contribution in [3.63, 3.8) is 0 Å². The number of aryl methyl sites for hydroxylation is 1. The van der Waals surface area contributed by atoms with Crippen LogP contribution in [0.2, 0.25) is 0 Å². The van der Waals surface area contributed by atoms with Gasteiger partial charge in [0.2, 0.25) is 0 Å². The van der Waals surface area contributed by atoms with E-state index >= 15 is 0 Å². The first-order chi connectivity index (χ1) is 9.88. The molecule has 0 saturated carbocycles. The first kappa shape index (κ1) is 15.0. The Morgan fingerprint density at radius 2 is 2.00 bits per heavy atom. The van der Waals surface area contributed by atoms with Crippen LogP contribution in [0.5, 0.6) is 0 Å². The van der Waals surface area contributed by atoms with Crippen LogP contribution in [0.25, 0.3) is 0 Å². The molecule has 0 spiro atoms. The Balaban J connectivity index is 2.22. The number of hydrogen-bond acceptors (Lipinski definition) is 4. The van der Waals surface area contributed by atoms with E-state index in [1.807, 2.05) is 51.0 Å². The van der Waals surface area contributed by atoms with Crippen LogP contribution in [0.4, 0.5) is 11.4 Å². The van der Waals surface area contributed by atoms with Gasteiger partial charge >= 0.3 is 0 Å². The first-order valence-electron chi connectivity index (χ1n) is 6.82. The summed E-state index contributed by atoms with van der Waals surface area (Å²) in [5.74, 6) is 1.38. The fourth-order valence-electron chi connectivity index (χ4n) is 2.16. The second kappa shape index (κ2) is 5.91. The zero-order valence-electron chi connectivity index (χ0n) is 12.8. The standard InChI is InChI=1S/C16H21N3O2/c1-10-5-8-15(21-10)11(2)18-16(20)13-9-12(17)6-7-14(13)19(3)4/h5-9,11H,17H2,1-4H3,(H,18,20). The minimum atomic E-state index is -0.206. The molecule has 2 aromatic rings. The summed E-state index contributed by atoms with van der Waals surface area (Å²) >= 11 is 0. The van der Waals surface area contributed by atoms with Gasteiger partial charge in [0.1, 0.15) is 11.5 Å². The third-order valence-electron chi connectivity index (χ3n) is 3.28. The van der Waals surface area contributed by atoms with Crippen molar-refractivity contribution in [2.75, 3.05) is 24.7 Å². The molecule has 0 fully saturated rings. The van der Waals surface area contributed by atoms with Gasteiger partial charge in [-0.2, -0.15) is 0 Å². The van der Waals surface area contributed by atoms with E-state index in [0.29, 0.717) is 11.3 Å². The molecule has 1 aromatic heterocycles. The lowest BCUT2D eigenvalue weighted by molar-refractivity contribution is 0.0935. The quantitative estimate of drug-likeness (QED) is 0.848. The molecular weight excluding hydrogens is 266 g/mol. The molecule has 0 aliphatic carbocycles. The second-order valence-electron chi connectivity index (χ2n) is 5.31. The predicted octanol–water partition coefficient (Wildman–Crippen LogP) is 2.73. The molecule has 0 aliphatic heterocycles. The highest BCUT2D eigenvalue weighted by atomic mass is 16.3. The van der Waals surface area contributed by atoms with Crippen LogP contribution < -0.4 is 16.0 Å². The van der Waals surface area contributed by atoms with E-state index in [1.54, 1.807) is 12.1 Å². The van der Waals surface area contributed by atoms with Gasteiger partial charge in [0.15, 0.2) is 0 Å². The minimum absolute atomic E-state index is 0.174. The van der Waals surface area contributed by atoms with Crippen LogP contribution in [-0.2, 0) is 0 Å². The van der Waals surface area contributed by atoms with Gasteiger partial charge in [-0.25, -0.2) is 0 Å². The van der Waals surface area contributed by atoms with Crippen LogP contribution in [0.1, 0.15) is 34.8 Å². The number of carbonyl (C=O) groups excluding carboxylic acids is 1. The van der Waals surface area contributed by atoms with Crippen LogP contribution >= 0.6 is 0 Å². The summed E-state index contributed by atoms with van der Waals surface area (Å²) in [6.07, 6.45) is 0. The number of nitrogens with two attached hydrogens (primary N) is 1. The largest absolute Gasteiger partial charge is 0.464 e. The van der Waals surface area contributed by atoms with Gasteiger partial charge in [-0.15, -0.1) is 0 Å². The molecule has 1 aromatic carbocycles. The molecule has 0 radical (unpaired) electrons. The Bertz CT molecular complexity index is 647. The Morgan fingerprint density at radius 1 is 1.29 bits per heavy atom. The normalized spacial score (nSPS) is 12.0. The smallest absolute Gasteiger partial charge is 0.254 e. The number of carbonyl (C=O) groups is 1.